The van der Waals surface area contributed by atoms with Crippen molar-refractivity contribution in [1.82, 2.24) is 15.6 Å². The molecule has 0 aliphatic rings. The Kier molecular flexibility index (Phi) is 8.83. The Bertz CT molecular complexity index is 574. The van der Waals surface area contributed by atoms with E-state index in [9.17, 15) is 0 Å². The van der Waals surface area contributed by atoms with Crippen LogP contribution in [0, 0.1) is 6.92 Å². The van der Waals surface area contributed by atoms with E-state index < -0.39 is 0 Å². The minimum Gasteiger partial charge on any atom is -0.492 e. The molecule has 120 valence electrons. The van der Waals surface area contributed by atoms with E-state index in [0.717, 1.165) is 16.7 Å². The fourth-order valence-corrected chi connectivity index (χ4v) is 2.44. The molecule has 5 nitrogen and oxygen atoms in total. The quantitative estimate of drug-likeness (QED) is 0.319. The maximum atomic E-state index is 5.61. The van der Waals surface area contributed by atoms with Crippen molar-refractivity contribution < 1.29 is 4.74 Å². The van der Waals surface area contributed by atoms with Gasteiger partial charge in [0, 0.05) is 18.1 Å². The number of aliphatic imine (C=N–C) groups is 1. The monoisotopic (exact) mass is 432 g/mol. The van der Waals surface area contributed by atoms with Gasteiger partial charge in [-0.1, -0.05) is 18.2 Å². The predicted molar refractivity (Wildman–Crippen MR) is 102 cm³/mol. The lowest BCUT2D eigenvalue weighted by Crippen LogP contribution is -2.38. The van der Waals surface area contributed by atoms with Gasteiger partial charge in [0.05, 0.1) is 13.1 Å². The fourth-order valence-electron chi connectivity index (χ4n) is 1.72. The standard InChI is InChI=1S/C15H20N4OS.HI/c1-12-10-18-14(21-12)11-19-15(16-2)17-8-9-20-13-6-4-3-5-7-13;/h3-7,10H,8-9,11H2,1-2H3,(H2,16,17,19);1H. The number of hydrogen-bond acceptors (Lipinski definition) is 4. The fraction of sp³-hybridized carbons (Fsp3) is 0.333. The Balaban J connectivity index is 0.00000242. The van der Waals surface area contributed by atoms with Crippen LogP contribution in [-0.2, 0) is 6.54 Å². The molecule has 2 rings (SSSR count). The minimum absolute atomic E-state index is 0. The summed E-state index contributed by atoms with van der Waals surface area (Å²) < 4.78 is 5.61. The maximum Gasteiger partial charge on any atom is 0.191 e. The van der Waals surface area contributed by atoms with Crippen molar-refractivity contribution in [2.75, 3.05) is 20.2 Å². The number of aryl methyl sites for hydroxylation is 1. The maximum absolute atomic E-state index is 5.61. The number of hydrogen-bond donors (Lipinski definition) is 2. The molecule has 0 spiro atoms. The predicted octanol–water partition coefficient (Wildman–Crippen LogP) is 2.81. The number of para-hydroxylation sites is 1. The van der Waals surface area contributed by atoms with Crippen molar-refractivity contribution in [2.45, 2.75) is 13.5 Å². The molecule has 0 bridgehead atoms. The Morgan fingerprint density at radius 2 is 2.05 bits per heavy atom. The van der Waals surface area contributed by atoms with Crippen LogP contribution in [0.2, 0.25) is 0 Å². The summed E-state index contributed by atoms with van der Waals surface area (Å²) in [6, 6.07) is 9.77. The number of halogens is 1. The summed E-state index contributed by atoms with van der Waals surface area (Å²) >= 11 is 1.68. The second kappa shape index (κ2) is 10.4. The zero-order chi connectivity index (χ0) is 14.9. The molecule has 0 aliphatic heterocycles. The minimum atomic E-state index is 0. The van der Waals surface area contributed by atoms with Crippen LogP contribution < -0.4 is 15.4 Å². The zero-order valence-electron chi connectivity index (χ0n) is 12.7. The van der Waals surface area contributed by atoms with E-state index in [1.807, 2.05) is 36.5 Å². The van der Waals surface area contributed by atoms with E-state index >= 15 is 0 Å². The van der Waals surface area contributed by atoms with E-state index in [1.165, 1.54) is 4.88 Å². The highest BCUT2D eigenvalue weighted by molar-refractivity contribution is 14.0. The van der Waals surface area contributed by atoms with Gasteiger partial charge in [-0.15, -0.1) is 35.3 Å². The highest BCUT2D eigenvalue weighted by atomic mass is 127. The first kappa shape index (κ1) is 18.7. The molecule has 0 unspecified atom stereocenters. The van der Waals surface area contributed by atoms with Crippen LogP contribution in [0.5, 0.6) is 5.75 Å². The molecule has 0 saturated carbocycles. The van der Waals surface area contributed by atoms with Crippen molar-refractivity contribution >= 4 is 41.3 Å². The molecule has 7 heteroatoms. The van der Waals surface area contributed by atoms with E-state index in [0.29, 0.717) is 19.7 Å². The van der Waals surface area contributed by atoms with Gasteiger partial charge in [0.1, 0.15) is 17.4 Å². The number of benzene rings is 1. The highest BCUT2D eigenvalue weighted by Gasteiger charge is 2.01. The molecular weight excluding hydrogens is 411 g/mol. The number of nitrogens with zero attached hydrogens (tertiary/aromatic N) is 2. The average Bonchev–Trinajstić information content (AvgIpc) is 2.93. The van der Waals surface area contributed by atoms with Gasteiger partial charge in [0.25, 0.3) is 0 Å². The van der Waals surface area contributed by atoms with Gasteiger partial charge in [-0.05, 0) is 19.1 Å². The topological polar surface area (TPSA) is 58.5 Å². The van der Waals surface area contributed by atoms with E-state index in [-0.39, 0.29) is 24.0 Å². The third-order valence-electron chi connectivity index (χ3n) is 2.71. The largest absolute Gasteiger partial charge is 0.492 e. The summed E-state index contributed by atoms with van der Waals surface area (Å²) in [6.45, 7) is 4.00. The smallest absolute Gasteiger partial charge is 0.191 e. The Morgan fingerprint density at radius 1 is 1.27 bits per heavy atom. The molecule has 0 fully saturated rings. The summed E-state index contributed by atoms with van der Waals surface area (Å²) in [5.74, 6) is 1.63. The summed E-state index contributed by atoms with van der Waals surface area (Å²) in [5.41, 5.74) is 0. The van der Waals surface area contributed by atoms with Gasteiger partial charge in [-0.3, -0.25) is 4.99 Å². The summed E-state index contributed by atoms with van der Waals surface area (Å²) in [6.07, 6.45) is 1.88. The first-order chi connectivity index (χ1) is 10.3. The summed E-state index contributed by atoms with van der Waals surface area (Å²) in [7, 11) is 1.75. The second-order valence-corrected chi connectivity index (χ2v) is 5.70. The van der Waals surface area contributed by atoms with E-state index in [2.05, 4.69) is 27.5 Å². The molecular formula is C15H21IN4OS. The number of ether oxygens (including phenoxy) is 1. The first-order valence-electron chi connectivity index (χ1n) is 6.81. The van der Waals surface area contributed by atoms with Crippen LogP contribution >= 0.6 is 35.3 Å². The first-order valence-corrected chi connectivity index (χ1v) is 7.63. The number of nitrogens with one attached hydrogen (secondary N) is 2. The molecule has 1 heterocycles. The molecule has 0 saturated heterocycles. The number of rotatable bonds is 6. The molecule has 0 radical (unpaired) electrons. The van der Waals surface area contributed by atoms with E-state index in [1.54, 1.807) is 18.4 Å². The van der Waals surface area contributed by atoms with E-state index in [4.69, 9.17) is 4.74 Å². The average molecular weight is 432 g/mol. The molecule has 1 aromatic carbocycles. The van der Waals surface area contributed by atoms with Crippen LogP contribution in [0.15, 0.2) is 41.5 Å². The Morgan fingerprint density at radius 3 is 2.68 bits per heavy atom. The highest BCUT2D eigenvalue weighted by Crippen LogP contribution is 2.10. The van der Waals surface area contributed by atoms with Crippen molar-refractivity contribution in [3.05, 3.63) is 46.4 Å². The van der Waals surface area contributed by atoms with Gasteiger partial charge in [-0.25, -0.2) is 4.98 Å². The van der Waals surface area contributed by atoms with Gasteiger partial charge in [0.15, 0.2) is 5.96 Å². The van der Waals surface area contributed by atoms with Crippen molar-refractivity contribution in [2.24, 2.45) is 4.99 Å². The number of aromatic nitrogens is 1. The third-order valence-corrected chi connectivity index (χ3v) is 3.62. The lowest BCUT2D eigenvalue weighted by Gasteiger charge is -2.11. The van der Waals surface area contributed by atoms with Crippen LogP contribution in [0.4, 0.5) is 0 Å². The molecule has 2 aromatic rings. The second-order valence-electron chi connectivity index (χ2n) is 4.38. The van der Waals surface area contributed by atoms with Crippen LogP contribution in [0.25, 0.3) is 0 Å². The molecule has 0 atom stereocenters. The normalized spacial score (nSPS) is 10.7. The summed E-state index contributed by atoms with van der Waals surface area (Å²) in [4.78, 5) is 9.69. The lowest BCUT2D eigenvalue weighted by molar-refractivity contribution is 0.322. The molecule has 1 aromatic heterocycles. The van der Waals surface area contributed by atoms with Crippen LogP contribution in [-0.4, -0.2) is 31.1 Å². The van der Waals surface area contributed by atoms with Crippen molar-refractivity contribution in [1.29, 1.82) is 0 Å². The van der Waals surface area contributed by atoms with Crippen molar-refractivity contribution in [3.8, 4) is 5.75 Å². The number of thiazole rings is 1. The van der Waals surface area contributed by atoms with Crippen molar-refractivity contribution in [3.63, 3.8) is 0 Å². The molecule has 2 N–H and O–H groups in total. The Hall–Kier alpha value is -1.35. The SMILES string of the molecule is CN=C(NCCOc1ccccc1)NCc1ncc(C)s1.I. The number of guanidine groups is 1. The van der Waals surface area contributed by atoms with Gasteiger partial charge in [-0.2, -0.15) is 0 Å². The third kappa shape index (κ3) is 6.61. The lowest BCUT2D eigenvalue weighted by atomic mass is 10.3. The van der Waals surface area contributed by atoms with Gasteiger partial charge < -0.3 is 15.4 Å². The van der Waals surface area contributed by atoms with Crippen LogP contribution in [0.3, 0.4) is 0 Å². The van der Waals surface area contributed by atoms with Crippen LogP contribution in [0.1, 0.15) is 9.88 Å². The van der Waals surface area contributed by atoms with Gasteiger partial charge >= 0.3 is 0 Å². The Labute approximate surface area is 152 Å². The molecule has 22 heavy (non-hydrogen) atoms. The summed E-state index contributed by atoms with van der Waals surface area (Å²) in [5, 5.41) is 7.49. The molecule has 0 aliphatic carbocycles. The molecule has 0 amide bonds. The van der Waals surface area contributed by atoms with Gasteiger partial charge in [0.2, 0.25) is 0 Å². The zero-order valence-corrected chi connectivity index (χ0v) is 15.9.